The second kappa shape index (κ2) is 3.67. The summed E-state index contributed by atoms with van der Waals surface area (Å²) in [6.45, 7) is 5.82. The van der Waals surface area contributed by atoms with Crippen LogP contribution in [0.2, 0.25) is 0 Å². The smallest absolute Gasteiger partial charge is 0.309 e. The number of esters is 1. The number of carbonyl (C=O) groups excluding carboxylic acids is 2. The highest BCUT2D eigenvalue weighted by Gasteiger charge is 2.43. The first-order valence-electron chi connectivity index (χ1n) is 6.34. The lowest BCUT2D eigenvalue weighted by Crippen LogP contribution is -2.17. The van der Waals surface area contributed by atoms with Gasteiger partial charge < -0.3 is 4.74 Å². The number of hydrogen-bond donors (Lipinski definition) is 0. The molecule has 2 aliphatic carbocycles. The summed E-state index contributed by atoms with van der Waals surface area (Å²) in [5.74, 6) is -0.0494. The van der Waals surface area contributed by atoms with Crippen molar-refractivity contribution < 1.29 is 14.3 Å². The zero-order valence-corrected chi connectivity index (χ0v) is 10.8. The molecule has 0 N–H and O–H groups in total. The minimum absolute atomic E-state index is 0.0919. The van der Waals surface area contributed by atoms with Gasteiger partial charge in [-0.2, -0.15) is 0 Å². The average Bonchev–Trinajstić information content (AvgIpc) is 2.65. The molecule has 0 aromatic carbocycles. The van der Waals surface area contributed by atoms with Crippen LogP contribution in [0.1, 0.15) is 27.2 Å². The highest BCUT2D eigenvalue weighted by molar-refractivity contribution is 6.13. The van der Waals surface area contributed by atoms with Gasteiger partial charge in [0.25, 0.3) is 0 Å². The van der Waals surface area contributed by atoms with E-state index in [4.69, 9.17) is 4.74 Å². The van der Waals surface area contributed by atoms with Crippen LogP contribution >= 0.6 is 0 Å². The van der Waals surface area contributed by atoms with E-state index >= 15 is 0 Å². The highest BCUT2D eigenvalue weighted by Crippen LogP contribution is 2.42. The normalized spacial score (nSPS) is 34.7. The van der Waals surface area contributed by atoms with Crippen LogP contribution in [-0.2, 0) is 14.3 Å². The molecule has 0 aromatic heterocycles. The molecule has 0 bridgehead atoms. The third kappa shape index (κ3) is 1.43. The molecule has 0 saturated carbocycles. The van der Waals surface area contributed by atoms with E-state index in [1.54, 1.807) is 6.08 Å². The molecule has 3 nitrogen and oxygen atoms in total. The Morgan fingerprint density at radius 3 is 2.72 bits per heavy atom. The Hall–Kier alpha value is -1.64. The van der Waals surface area contributed by atoms with Crippen LogP contribution in [0.15, 0.2) is 34.4 Å². The van der Waals surface area contributed by atoms with Crippen molar-refractivity contribution in [2.75, 3.05) is 0 Å². The Balaban J connectivity index is 2.11. The summed E-state index contributed by atoms with van der Waals surface area (Å²) in [6.07, 6.45) is 4.33. The van der Waals surface area contributed by atoms with Gasteiger partial charge in [-0.3, -0.25) is 9.59 Å². The molecule has 0 aromatic rings. The molecule has 0 unspecified atom stereocenters. The van der Waals surface area contributed by atoms with Crippen LogP contribution in [-0.4, -0.2) is 17.9 Å². The first-order chi connectivity index (χ1) is 8.49. The van der Waals surface area contributed by atoms with Crippen LogP contribution in [0.25, 0.3) is 0 Å². The molecule has 18 heavy (non-hydrogen) atoms. The Kier molecular flexibility index (Phi) is 2.34. The van der Waals surface area contributed by atoms with Gasteiger partial charge in [0.2, 0.25) is 0 Å². The average molecular weight is 244 g/mol. The van der Waals surface area contributed by atoms with Crippen LogP contribution in [0.3, 0.4) is 0 Å². The number of fused-ring (bicyclic) bond motifs is 2. The molecule has 1 heterocycles. The molecule has 3 aliphatic rings. The fraction of sp³-hybridized carbons (Fsp3) is 0.467. The molecule has 3 atom stereocenters. The van der Waals surface area contributed by atoms with Gasteiger partial charge in [0.15, 0.2) is 5.78 Å². The maximum atomic E-state index is 12.0. The van der Waals surface area contributed by atoms with Crippen molar-refractivity contribution in [3.63, 3.8) is 0 Å². The number of rotatable bonds is 0. The Bertz CT molecular complexity index is 548. The fourth-order valence-corrected chi connectivity index (χ4v) is 3.17. The summed E-state index contributed by atoms with van der Waals surface area (Å²) < 4.78 is 5.42. The number of hydrogen-bond acceptors (Lipinski definition) is 3. The number of ketones is 1. The van der Waals surface area contributed by atoms with Gasteiger partial charge in [-0.05, 0) is 31.1 Å². The monoisotopic (exact) mass is 244 g/mol. The molecule has 1 saturated heterocycles. The van der Waals surface area contributed by atoms with E-state index in [-0.39, 0.29) is 29.7 Å². The summed E-state index contributed by atoms with van der Waals surface area (Å²) in [4.78, 5) is 23.6. The van der Waals surface area contributed by atoms with E-state index in [1.807, 2.05) is 20.8 Å². The van der Waals surface area contributed by atoms with Crippen molar-refractivity contribution in [1.82, 2.24) is 0 Å². The largest absolute Gasteiger partial charge is 0.461 e. The van der Waals surface area contributed by atoms with Gasteiger partial charge in [0, 0.05) is 17.9 Å². The van der Waals surface area contributed by atoms with Crippen molar-refractivity contribution in [2.24, 2.45) is 11.8 Å². The summed E-state index contributed by atoms with van der Waals surface area (Å²) >= 11 is 0. The quantitative estimate of drug-likeness (QED) is 0.614. The lowest BCUT2D eigenvalue weighted by atomic mass is 9.89. The minimum atomic E-state index is -0.121. The van der Waals surface area contributed by atoms with Gasteiger partial charge in [-0.15, -0.1) is 0 Å². The van der Waals surface area contributed by atoms with E-state index in [2.05, 4.69) is 6.08 Å². The Labute approximate surface area is 106 Å². The SMILES string of the molecule is CC1=CC(=O)C2=C(C)C[C@@H]3OC(=O)[C@H](C)[C@@H]3C=C12. The molecule has 94 valence electrons. The first-order valence-corrected chi connectivity index (χ1v) is 6.34. The summed E-state index contributed by atoms with van der Waals surface area (Å²) in [6, 6.07) is 0. The molecular weight excluding hydrogens is 228 g/mol. The molecule has 1 fully saturated rings. The summed E-state index contributed by atoms with van der Waals surface area (Å²) in [7, 11) is 0. The Morgan fingerprint density at radius 1 is 1.28 bits per heavy atom. The predicted octanol–water partition coefficient (Wildman–Crippen LogP) is 2.34. The molecule has 0 amide bonds. The summed E-state index contributed by atoms with van der Waals surface area (Å²) in [5, 5.41) is 0. The van der Waals surface area contributed by atoms with E-state index in [1.165, 1.54) is 0 Å². The van der Waals surface area contributed by atoms with Crippen molar-refractivity contribution in [1.29, 1.82) is 0 Å². The Morgan fingerprint density at radius 2 is 2.00 bits per heavy atom. The third-order valence-corrected chi connectivity index (χ3v) is 4.23. The van der Waals surface area contributed by atoms with Crippen LogP contribution in [0.4, 0.5) is 0 Å². The minimum Gasteiger partial charge on any atom is -0.461 e. The number of ether oxygens (including phenoxy) is 1. The van der Waals surface area contributed by atoms with Gasteiger partial charge in [0.1, 0.15) is 6.10 Å². The van der Waals surface area contributed by atoms with E-state index in [9.17, 15) is 9.59 Å². The van der Waals surface area contributed by atoms with Crippen molar-refractivity contribution in [2.45, 2.75) is 33.3 Å². The highest BCUT2D eigenvalue weighted by atomic mass is 16.6. The van der Waals surface area contributed by atoms with Gasteiger partial charge in [-0.1, -0.05) is 18.6 Å². The van der Waals surface area contributed by atoms with Crippen molar-refractivity contribution >= 4 is 11.8 Å². The lowest BCUT2D eigenvalue weighted by molar-refractivity contribution is -0.143. The molecular formula is C15H16O3. The standard InChI is InChI=1S/C15H16O3/c1-7-4-12(16)14-8(2)5-13-11(6-10(7)14)9(3)15(17)18-13/h4,6,9,11,13H,5H2,1-3H3/t9-,11+,13+/m1/s1. The van der Waals surface area contributed by atoms with E-state index in [0.717, 1.165) is 22.3 Å². The molecule has 0 radical (unpaired) electrons. The topological polar surface area (TPSA) is 43.4 Å². The molecule has 0 spiro atoms. The number of carbonyl (C=O) groups is 2. The number of allylic oxidation sites excluding steroid dienone is 4. The first kappa shape index (κ1) is 11.5. The maximum Gasteiger partial charge on any atom is 0.309 e. The van der Waals surface area contributed by atoms with Gasteiger partial charge >= 0.3 is 5.97 Å². The summed E-state index contributed by atoms with van der Waals surface area (Å²) in [5.41, 5.74) is 3.87. The lowest BCUT2D eigenvalue weighted by Gasteiger charge is -2.14. The molecule has 3 heteroatoms. The van der Waals surface area contributed by atoms with E-state index < -0.39 is 0 Å². The zero-order chi connectivity index (χ0) is 13.0. The predicted molar refractivity (Wildman–Crippen MR) is 66.7 cm³/mol. The van der Waals surface area contributed by atoms with Crippen LogP contribution < -0.4 is 0 Å². The van der Waals surface area contributed by atoms with Crippen molar-refractivity contribution in [3.8, 4) is 0 Å². The molecule has 3 rings (SSSR count). The molecule has 1 aliphatic heterocycles. The van der Waals surface area contributed by atoms with E-state index in [0.29, 0.717) is 6.42 Å². The van der Waals surface area contributed by atoms with Crippen molar-refractivity contribution in [3.05, 3.63) is 34.4 Å². The zero-order valence-electron chi connectivity index (χ0n) is 10.8. The fourth-order valence-electron chi connectivity index (χ4n) is 3.17. The van der Waals surface area contributed by atoms with Crippen LogP contribution in [0.5, 0.6) is 0 Å². The van der Waals surface area contributed by atoms with Gasteiger partial charge in [0.05, 0.1) is 5.92 Å². The second-order valence-electron chi connectivity index (χ2n) is 5.47. The van der Waals surface area contributed by atoms with Crippen LogP contribution in [0, 0.1) is 11.8 Å². The van der Waals surface area contributed by atoms with Gasteiger partial charge in [-0.25, -0.2) is 0 Å². The third-order valence-electron chi connectivity index (χ3n) is 4.23. The second-order valence-corrected chi connectivity index (χ2v) is 5.47. The maximum absolute atomic E-state index is 12.0.